The smallest absolute Gasteiger partial charge is 0.306 e. The minimum absolute atomic E-state index is 0.0355. The fourth-order valence-corrected chi connectivity index (χ4v) is 4.01. The van der Waals surface area contributed by atoms with Crippen LogP contribution in [-0.4, -0.2) is 29.2 Å². The highest BCUT2D eigenvalue weighted by molar-refractivity contribution is 5.82. The third kappa shape index (κ3) is 12.0. The number of rotatable bonds is 18. The van der Waals surface area contributed by atoms with E-state index < -0.39 is 0 Å². The summed E-state index contributed by atoms with van der Waals surface area (Å²) < 4.78 is 4.99. The maximum atomic E-state index is 12.7. The number of esters is 1. The van der Waals surface area contributed by atoms with Crippen LogP contribution in [-0.2, 0) is 32.1 Å². The van der Waals surface area contributed by atoms with Crippen molar-refractivity contribution in [3.8, 4) is 0 Å². The second-order valence-electron chi connectivity index (χ2n) is 9.27. The van der Waals surface area contributed by atoms with Gasteiger partial charge in [0.05, 0.1) is 6.61 Å². The Labute approximate surface area is 199 Å². The first kappa shape index (κ1) is 28.8. The van der Waals surface area contributed by atoms with Crippen LogP contribution in [0.1, 0.15) is 83.3 Å². The van der Waals surface area contributed by atoms with Crippen LogP contribution in [0.2, 0.25) is 0 Å². The van der Waals surface area contributed by atoms with Crippen molar-refractivity contribution in [1.82, 2.24) is 0 Å². The third-order valence-corrected chi connectivity index (χ3v) is 6.18. The van der Waals surface area contributed by atoms with Gasteiger partial charge in [0, 0.05) is 31.1 Å². The largest absolute Gasteiger partial charge is 0.461 e. The van der Waals surface area contributed by atoms with Gasteiger partial charge in [-0.2, -0.15) is 0 Å². The van der Waals surface area contributed by atoms with Crippen LogP contribution >= 0.6 is 0 Å². The van der Waals surface area contributed by atoms with Gasteiger partial charge in [-0.05, 0) is 55.6 Å². The van der Waals surface area contributed by atoms with E-state index in [-0.39, 0.29) is 48.5 Å². The van der Waals surface area contributed by atoms with Crippen LogP contribution < -0.4 is 0 Å². The molecule has 1 aromatic carbocycles. The number of aryl methyl sites for hydroxylation is 1. The van der Waals surface area contributed by atoms with Crippen molar-refractivity contribution in [1.29, 1.82) is 0 Å². The molecular formula is C28H42O5. The molecule has 0 heterocycles. The number of aliphatic hydroxyl groups excluding tert-OH is 1. The summed E-state index contributed by atoms with van der Waals surface area (Å²) in [5.41, 5.74) is 2.07. The van der Waals surface area contributed by atoms with Gasteiger partial charge in [0.15, 0.2) is 0 Å². The summed E-state index contributed by atoms with van der Waals surface area (Å²) in [6.07, 6.45) is 7.34. The molecule has 0 fully saturated rings. The third-order valence-electron chi connectivity index (χ3n) is 6.18. The maximum absolute atomic E-state index is 12.7. The zero-order valence-electron chi connectivity index (χ0n) is 20.7. The standard InChI is InChI=1S/C28H42O5/c1-5-19-33-28(32)14-8-11-25(21(2)3)27(31)13-6-9-22(4)26(30)12-7-10-23-15-17-24(20-29)18-16-23/h5,15-18,21-22,25,29H,1,6-14,19-20H2,2-4H3/t22-,25+/m1/s1. The van der Waals surface area contributed by atoms with Crippen molar-refractivity contribution in [2.24, 2.45) is 17.8 Å². The zero-order valence-corrected chi connectivity index (χ0v) is 20.7. The number of ether oxygens (including phenoxy) is 1. The Hall–Kier alpha value is -2.27. The first-order valence-corrected chi connectivity index (χ1v) is 12.3. The average molecular weight is 459 g/mol. The van der Waals surface area contributed by atoms with Gasteiger partial charge in [-0.15, -0.1) is 0 Å². The van der Waals surface area contributed by atoms with Crippen molar-refractivity contribution in [3.05, 3.63) is 48.0 Å². The molecule has 1 aromatic rings. The molecule has 0 bridgehead atoms. The molecule has 0 saturated heterocycles. The van der Waals surface area contributed by atoms with Gasteiger partial charge < -0.3 is 9.84 Å². The fourth-order valence-electron chi connectivity index (χ4n) is 4.01. The molecular weight excluding hydrogens is 416 g/mol. The van der Waals surface area contributed by atoms with E-state index in [0.29, 0.717) is 32.1 Å². The number of benzene rings is 1. The molecule has 0 saturated carbocycles. The van der Waals surface area contributed by atoms with Crippen LogP contribution in [0.4, 0.5) is 0 Å². The number of aliphatic hydroxyl groups is 1. The van der Waals surface area contributed by atoms with Crippen molar-refractivity contribution in [3.63, 3.8) is 0 Å². The van der Waals surface area contributed by atoms with Crippen LogP contribution in [0.5, 0.6) is 0 Å². The first-order chi connectivity index (χ1) is 15.8. The number of carbonyl (C=O) groups is 3. The van der Waals surface area contributed by atoms with Gasteiger partial charge in [-0.1, -0.05) is 57.7 Å². The summed E-state index contributed by atoms with van der Waals surface area (Å²) in [5.74, 6) is 0.377. The Kier molecular flexibility index (Phi) is 14.3. The lowest BCUT2D eigenvalue weighted by Gasteiger charge is -2.20. The van der Waals surface area contributed by atoms with Crippen LogP contribution in [0.25, 0.3) is 0 Å². The summed E-state index contributed by atoms with van der Waals surface area (Å²) in [6.45, 7) is 9.83. The van der Waals surface area contributed by atoms with E-state index in [4.69, 9.17) is 9.84 Å². The number of hydrogen-bond donors (Lipinski definition) is 1. The lowest BCUT2D eigenvalue weighted by molar-refractivity contribution is -0.142. The molecule has 1 rings (SSSR count). The molecule has 0 amide bonds. The second kappa shape index (κ2) is 16.4. The molecule has 0 aliphatic rings. The van der Waals surface area contributed by atoms with E-state index in [0.717, 1.165) is 31.2 Å². The summed E-state index contributed by atoms with van der Waals surface area (Å²) in [4.78, 5) is 36.8. The van der Waals surface area contributed by atoms with E-state index in [1.54, 1.807) is 6.08 Å². The predicted molar refractivity (Wildman–Crippen MR) is 132 cm³/mol. The minimum atomic E-state index is -0.251. The van der Waals surface area contributed by atoms with Crippen molar-refractivity contribution >= 4 is 17.5 Å². The number of ketones is 2. The van der Waals surface area contributed by atoms with Crippen LogP contribution in [0.15, 0.2) is 36.9 Å². The molecule has 1 N–H and O–H groups in total. The molecule has 0 radical (unpaired) electrons. The minimum Gasteiger partial charge on any atom is -0.461 e. The van der Waals surface area contributed by atoms with Gasteiger partial charge in [0.1, 0.15) is 18.2 Å². The first-order valence-electron chi connectivity index (χ1n) is 12.3. The van der Waals surface area contributed by atoms with E-state index in [1.807, 2.05) is 45.0 Å². The van der Waals surface area contributed by atoms with Crippen molar-refractivity contribution < 1.29 is 24.2 Å². The lowest BCUT2D eigenvalue weighted by Crippen LogP contribution is -2.21. The number of Topliss-reactive ketones (excluding diaryl/α,β-unsaturated/α-hetero) is 2. The Morgan fingerprint density at radius 3 is 2.12 bits per heavy atom. The molecule has 0 unspecified atom stereocenters. The van der Waals surface area contributed by atoms with E-state index in [9.17, 15) is 14.4 Å². The molecule has 5 heteroatoms. The fraction of sp³-hybridized carbons (Fsp3) is 0.607. The molecule has 2 atom stereocenters. The monoisotopic (exact) mass is 458 g/mol. The second-order valence-corrected chi connectivity index (χ2v) is 9.27. The molecule has 5 nitrogen and oxygen atoms in total. The molecule has 33 heavy (non-hydrogen) atoms. The summed E-state index contributed by atoms with van der Waals surface area (Å²) in [5, 5.41) is 9.10. The molecule has 0 aliphatic heterocycles. The summed E-state index contributed by atoms with van der Waals surface area (Å²) in [7, 11) is 0. The van der Waals surface area contributed by atoms with Gasteiger partial charge in [0.2, 0.25) is 0 Å². The Bertz CT molecular complexity index is 735. The topological polar surface area (TPSA) is 80.7 Å². The number of hydrogen-bond acceptors (Lipinski definition) is 5. The van der Waals surface area contributed by atoms with Crippen LogP contribution in [0.3, 0.4) is 0 Å². The summed E-state index contributed by atoms with van der Waals surface area (Å²) in [6, 6.07) is 7.83. The Balaban J connectivity index is 2.30. The van der Waals surface area contributed by atoms with Crippen molar-refractivity contribution in [2.75, 3.05) is 6.61 Å². The van der Waals surface area contributed by atoms with Gasteiger partial charge in [-0.25, -0.2) is 0 Å². The molecule has 0 spiro atoms. The predicted octanol–water partition coefficient (Wildman–Crippen LogP) is 5.62. The quantitative estimate of drug-likeness (QED) is 0.228. The van der Waals surface area contributed by atoms with E-state index in [1.165, 1.54) is 5.56 Å². The SMILES string of the molecule is C=CCOC(=O)CCC[C@H](C(=O)CCC[C@@H](C)C(=O)CCCc1ccc(CO)cc1)C(C)C. The van der Waals surface area contributed by atoms with E-state index in [2.05, 4.69) is 6.58 Å². The summed E-state index contributed by atoms with van der Waals surface area (Å²) >= 11 is 0. The van der Waals surface area contributed by atoms with E-state index >= 15 is 0 Å². The average Bonchev–Trinajstić information content (AvgIpc) is 2.80. The Morgan fingerprint density at radius 2 is 1.52 bits per heavy atom. The highest BCUT2D eigenvalue weighted by Gasteiger charge is 2.22. The van der Waals surface area contributed by atoms with Gasteiger partial charge in [-0.3, -0.25) is 14.4 Å². The van der Waals surface area contributed by atoms with Crippen LogP contribution in [0, 0.1) is 17.8 Å². The normalized spacial score (nSPS) is 12.9. The maximum Gasteiger partial charge on any atom is 0.306 e. The zero-order chi connectivity index (χ0) is 24.6. The lowest BCUT2D eigenvalue weighted by atomic mass is 9.84. The van der Waals surface area contributed by atoms with Gasteiger partial charge >= 0.3 is 5.97 Å². The highest BCUT2D eigenvalue weighted by Crippen LogP contribution is 2.23. The van der Waals surface area contributed by atoms with Gasteiger partial charge in [0.25, 0.3) is 0 Å². The molecule has 184 valence electrons. The Morgan fingerprint density at radius 1 is 0.909 bits per heavy atom. The molecule has 0 aromatic heterocycles. The highest BCUT2D eigenvalue weighted by atomic mass is 16.5. The number of carbonyl (C=O) groups excluding carboxylic acids is 3. The van der Waals surface area contributed by atoms with Crippen molar-refractivity contribution in [2.45, 2.75) is 85.2 Å². The molecule has 0 aliphatic carbocycles.